The zero-order chi connectivity index (χ0) is 23.4. The van der Waals surface area contributed by atoms with Crippen molar-refractivity contribution in [1.29, 1.82) is 5.26 Å². The number of hydrogen-bond acceptors (Lipinski definition) is 5. The largest absolute Gasteiger partial charge is 0.467 e. The molecular formula is C24H17BrFN3O3S. The number of halogens is 2. The quantitative estimate of drug-likeness (QED) is 0.364. The SMILES string of the molecule is N#C/C(C(=O)NCc1ccco1)=C1/S[C@@H](Cc2ccc(Br)cc2)C(=O)N1c1ccc(F)cc1. The molecule has 0 aliphatic carbocycles. The monoisotopic (exact) mass is 525 g/mol. The fraction of sp³-hybridized carbons (Fsp3) is 0.125. The van der Waals surface area contributed by atoms with E-state index >= 15 is 0 Å². The molecule has 2 aromatic carbocycles. The number of hydrogen-bond donors (Lipinski definition) is 1. The molecule has 9 heteroatoms. The van der Waals surface area contributed by atoms with E-state index in [-0.39, 0.29) is 23.1 Å². The summed E-state index contributed by atoms with van der Waals surface area (Å²) in [5.41, 5.74) is 1.13. The number of furan rings is 1. The predicted octanol–water partition coefficient (Wildman–Crippen LogP) is 4.92. The minimum Gasteiger partial charge on any atom is -0.467 e. The number of nitrogens with zero attached hydrogens (tertiary/aromatic N) is 2. The van der Waals surface area contributed by atoms with Crippen LogP contribution in [0.5, 0.6) is 0 Å². The molecule has 166 valence electrons. The van der Waals surface area contributed by atoms with Gasteiger partial charge in [0.1, 0.15) is 28.2 Å². The summed E-state index contributed by atoms with van der Waals surface area (Å²) in [6, 6.07) is 18.3. The van der Waals surface area contributed by atoms with Gasteiger partial charge in [0.05, 0.1) is 18.1 Å². The molecule has 33 heavy (non-hydrogen) atoms. The van der Waals surface area contributed by atoms with Crippen LogP contribution in [-0.4, -0.2) is 17.1 Å². The molecule has 2 heterocycles. The number of carbonyl (C=O) groups excluding carboxylic acids is 2. The Morgan fingerprint density at radius 1 is 1.18 bits per heavy atom. The average Bonchev–Trinajstić information content (AvgIpc) is 3.44. The zero-order valence-electron chi connectivity index (χ0n) is 17.1. The van der Waals surface area contributed by atoms with Crippen molar-refractivity contribution < 1.29 is 18.4 Å². The Labute approximate surface area is 202 Å². The maximum atomic E-state index is 13.5. The van der Waals surface area contributed by atoms with Gasteiger partial charge in [0, 0.05) is 10.2 Å². The van der Waals surface area contributed by atoms with Crippen LogP contribution in [-0.2, 0) is 22.6 Å². The summed E-state index contributed by atoms with van der Waals surface area (Å²) in [5, 5.41) is 12.1. The lowest BCUT2D eigenvalue weighted by Gasteiger charge is -2.18. The van der Waals surface area contributed by atoms with Crippen LogP contribution in [0.15, 0.2) is 86.4 Å². The second-order valence-corrected chi connectivity index (χ2v) is 9.25. The van der Waals surface area contributed by atoms with E-state index in [0.29, 0.717) is 17.9 Å². The van der Waals surface area contributed by atoms with Crippen molar-refractivity contribution in [1.82, 2.24) is 5.32 Å². The standard InChI is InChI=1S/C24H17BrFN3O3S/c25-16-5-3-15(4-6-16)12-21-23(31)29(18-9-7-17(26)8-10-18)24(33-21)20(13-27)22(30)28-14-19-2-1-11-32-19/h1-11,21H,12,14H2,(H,28,30)/b24-20-/t21-/m0/s1. The summed E-state index contributed by atoms with van der Waals surface area (Å²) >= 11 is 4.55. The van der Waals surface area contributed by atoms with Crippen molar-refractivity contribution in [3.63, 3.8) is 0 Å². The molecule has 1 aromatic heterocycles. The molecule has 1 N–H and O–H groups in total. The maximum Gasteiger partial charge on any atom is 0.265 e. The van der Waals surface area contributed by atoms with Gasteiger partial charge in [-0.3, -0.25) is 14.5 Å². The van der Waals surface area contributed by atoms with Gasteiger partial charge in [0.2, 0.25) is 5.91 Å². The van der Waals surface area contributed by atoms with Crippen LogP contribution in [0.4, 0.5) is 10.1 Å². The molecule has 4 rings (SSSR count). The van der Waals surface area contributed by atoms with Crippen molar-refractivity contribution >= 4 is 45.2 Å². The number of amides is 2. The van der Waals surface area contributed by atoms with Crippen LogP contribution < -0.4 is 10.2 Å². The Balaban J connectivity index is 1.67. The third-order valence-corrected chi connectivity index (χ3v) is 6.72. The van der Waals surface area contributed by atoms with Crippen LogP contribution in [0.25, 0.3) is 0 Å². The first-order valence-electron chi connectivity index (χ1n) is 9.92. The van der Waals surface area contributed by atoms with E-state index in [1.54, 1.807) is 12.1 Å². The van der Waals surface area contributed by atoms with Gasteiger partial charge >= 0.3 is 0 Å². The summed E-state index contributed by atoms with van der Waals surface area (Å²) in [4.78, 5) is 27.5. The molecule has 1 aliphatic rings. The number of anilines is 1. The Bertz CT molecular complexity index is 1240. The van der Waals surface area contributed by atoms with Gasteiger partial charge in [-0.05, 0) is 60.5 Å². The Morgan fingerprint density at radius 2 is 1.91 bits per heavy atom. The van der Waals surface area contributed by atoms with E-state index in [1.807, 2.05) is 30.3 Å². The molecule has 1 fully saturated rings. The summed E-state index contributed by atoms with van der Waals surface area (Å²) < 4.78 is 19.6. The van der Waals surface area contributed by atoms with E-state index in [1.165, 1.54) is 35.4 Å². The highest BCUT2D eigenvalue weighted by atomic mass is 79.9. The Hall–Kier alpha value is -3.35. The Morgan fingerprint density at radius 3 is 2.55 bits per heavy atom. The molecule has 6 nitrogen and oxygen atoms in total. The smallest absolute Gasteiger partial charge is 0.265 e. The van der Waals surface area contributed by atoms with Gasteiger partial charge in [-0.25, -0.2) is 4.39 Å². The number of rotatable bonds is 6. The van der Waals surface area contributed by atoms with Gasteiger partial charge in [-0.15, -0.1) is 0 Å². The minimum atomic E-state index is -0.624. The van der Waals surface area contributed by atoms with E-state index in [0.717, 1.165) is 21.8 Å². The zero-order valence-corrected chi connectivity index (χ0v) is 19.5. The first-order valence-corrected chi connectivity index (χ1v) is 11.6. The molecule has 0 unspecified atom stereocenters. The molecule has 1 atom stereocenters. The van der Waals surface area contributed by atoms with E-state index in [2.05, 4.69) is 21.2 Å². The number of nitriles is 1. The van der Waals surface area contributed by atoms with Gasteiger partial charge in [-0.2, -0.15) is 5.26 Å². The van der Waals surface area contributed by atoms with E-state index in [9.17, 15) is 19.2 Å². The fourth-order valence-corrected chi connectivity index (χ4v) is 4.89. The first kappa shape index (κ1) is 22.8. The molecule has 0 saturated carbocycles. The van der Waals surface area contributed by atoms with Crippen LogP contribution >= 0.6 is 27.7 Å². The molecule has 1 saturated heterocycles. The van der Waals surface area contributed by atoms with Gasteiger partial charge in [0.15, 0.2) is 0 Å². The van der Waals surface area contributed by atoms with Crippen molar-refractivity contribution in [2.75, 3.05) is 4.90 Å². The van der Waals surface area contributed by atoms with Gasteiger partial charge < -0.3 is 9.73 Å². The van der Waals surface area contributed by atoms with Crippen LogP contribution in [0.2, 0.25) is 0 Å². The van der Waals surface area contributed by atoms with Crippen molar-refractivity contribution in [2.24, 2.45) is 0 Å². The first-order chi connectivity index (χ1) is 16.0. The van der Waals surface area contributed by atoms with Crippen molar-refractivity contribution in [2.45, 2.75) is 18.2 Å². The maximum absolute atomic E-state index is 13.5. The van der Waals surface area contributed by atoms with Crippen LogP contribution in [0.1, 0.15) is 11.3 Å². The highest BCUT2D eigenvalue weighted by Crippen LogP contribution is 2.42. The third kappa shape index (κ3) is 5.18. The minimum absolute atomic E-state index is 0.0990. The molecule has 1 aliphatic heterocycles. The van der Waals surface area contributed by atoms with E-state index < -0.39 is 17.0 Å². The molecule has 0 bridgehead atoms. The molecule has 0 radical (unpaired) electrons. The molecule has 2 amide bonds. The molecule has 3 aromatic rings. The highest BCUT2D eigenvalue weighted by molar-refractivity contribution is 9.10. The van der Waals surface area contributed by atoms with Crippen LogP contribution in [0.3, 0.4) is 0 Å². The second-order valence-electron chi connectivity index (χ2n) is 7.14. The third-order valence-electron chi connectivity index (χ3n) is 4.93. The average molecular weight is 526 g/mol. The van der Waals surface area contributed by atoms with E-state index in [4.69, 9.17) is 4.42 Å². The summed E-state index contributed by atoms with van der Waals surface area (Å²) in [7, 11) is 0. The topological polar surface area (TPSA) is 86.3 Å². The lowest BCUT2D eigenvalue weighted by atomic mass is 10.1. The molecule has 0 spiro atoms. The summed E-state index contributed by atoms with van der Waals surface area (Å²) in [5.74, 6) is -0.826. The highest BCUT2D eigenvalue weighted by Gasteiger charge is 2.40. The number of carbonyl (C=O) groups is 2. The molecular weight excluding hydrogens is 509 g/mol. The Kier molecular flexibility index (Phi) is 6.96. The predicted molar refractivity (Wildman–Crippen MR) is 126 cm³/mol. The van der Waals surface area contributed by atoms with Crippen molar-refractivity contribution in [3.8, 4) is 6.07 Å². The lowest BCUT2D eigenvalue weighted by Crippen LogP contribution is -2.32. The second kappa shape index (κ2) is 10.1. The normalized spacial score (nSPS) is 17.1. The fourth-order valence-electron chi connectivity index (χ4n) is 3.32. The number of nitrogens with one attached hydrogen (secondary N) is 1. The van der Waals surface area contributed by atoms with Gasteiger partial charge in [-0.1, -0.05) is 39.8 Å². The van der Waals surface area contributed by atoms with Gasteiger partial charge in [0.25, 0.3) is 5.91 Å². The lowest BCUT2D eigenvalue weighted by molar-refractivity contribution is -0.117. The van der Waals surface area contributed by atoms with Crippen molar-refractivity contribution in [3.05, 3.63) is 99.1 Å². The summed E-state index contributed by atoms with van der Waals surface area (Å²) in [6.45, 7) is 0.0990. The summed E-state index contributed by atoms with van der Waals surface area (Å²) in [6.07, 6.45) is 1.89. The number of benzene rings is 2. The van der Waals surface area contributed by atoms with Crippen LogP contribution in [0, 0.1) is 17.1 Å². The number of thioether (sulfide) groups is 1.